The van der Waals surface area contributed by atoms with Crippen LogP contribution in [0.15, 0.2) is 24.3 Å². The van der Waals surface area contributed by atoms with Crippen molar-refractivity contribution in [3.63, 3.8) is 0 Å². The van der Waals surface area contributed by atoms with Gasteiger partial charge in [0.2, 0.25) is 0 Å². The predicted octanol–water partition coefficient (Wildman–Crippen LogP) is 4.43. The van der Waals surface area contributed by atoms with Crippen molar-refractivity contribution >= 4 is 0 Å². The number of aliphatic hydroxyl groups is 1. The summed E-state index contributed by atoms with van der Waals surface area (Å²) in [5.41, 5.74) is 2.30. The average Bonchev–Trinajstić information content (AvgIpc) is 2.34. The number of rotatable bonds is 3. The van der Waals surface area contributed by atoms with Gasteiger partial charge < -0.3 is 5.11 Å². The van der Waals surface area contributed by atoms with Gasteiger partial charge in [0.1, 0.15) is 0 Å². The van der Waals surface area contributed by atoms with Crippen LogP contribution in [0.5, 0.6) is 0 Å². The maximum absolute atomic E-state index is 10.9. The van der Waals surface area contributed by atoms with E-state index < -0.39 is 5.60 Å². The van der Waals surface area contributed by atoms with Crippen LogP contribution in [0.25, 0.3) is 0 Å². The fraction of sp³-hybridized carbons (Fsp3) is 0.647. The molecule has 1 aliphatic carbocycles. The second kappa shape index (κ2) is 5.05. The van der Waals surface area contributed by atoms with E-state index in [0.717, 1.165) is 44.1 Å². The Morgan fingerprint density at radius 3 is 2.39 bits per heavy atom. The molecule has 18 heavy (non-hydrogen) atoms. The summed E-state index contributed by atoms with van der Waals surface area (Å²) in [6.45, 7) is 6.81. The lowest BCUT2D eigenvalue weighted by Gasteiger charge is -2.40. The van der Waals surface area contributed by atoms with E-state index in [1.165, 1.54) is 5.56 Å². The van der Waals surface area contributed by atoms with Crippen LogP contribution in [0.2, 0.25) is 0 Å². The standard InChI is InChI=1S/C17H26O/c1-4-6-14-7-5-8-15(13-14)17(18)11-9-16(2,3)10-12-17/h5,7-8,13,18H,4,6,9-12H2,1-3H3. The van der Waals surface area contributed by atoms with Crippen LogP contribution in [0, 0.1) is 5.41 Å². The molecule has 1 N–H and O–H groups in total. The van der Waals surface area contributed by atoms with Crippen molar-refractivity contribution in [1.29, 1.82) is 0 Å². The van der Waals surface area contributed by atoms with Gasteiger partial charge in [0.25, 0.3) is 0 Å². The SMILES string of the molecule is CCCc1cccc(C2(O)CCC(C)(C)CC2)c1. The van der Waals surface area contributed by atoms with Crippen molar-refractivity contribution < 1.29 is 5.11 Å². The highest BCUT2D eigenvalue weighted by Gasteiger charge is 2.37. The smallest absolute Gasteiger partial charge is 0.0897 e. The van der Waals surface area contributed by atoms with E-state index in [1.807, 2.05) is 0 Å². The van der Waals surface area contributed by atoms with Gasteiger partial charge in [-0.2, -0.15) is 0 Å². The zero-order valence-corrected chi connectivity index (χ0v) is 12.0. The highest BCUT2D eigenvalue weighted by molar-refractivity contribution is 5.29. The molecular weight excluding hydrogens is 220 g/mol. The summed E-state index contributed by atoms with van der Waals surface area (Å²) < 4.78 is 0. The topological polar surface area (TPSA) is 20.2 Å². The second-order valence-corrected chi connectivity index (χ2v) is 6.65. The molecule has 1 fully saturated rings. The minimum Gasteiger partial charge on any atom is -0.385 e. The molecule has 0 atom stereocenters. The summed E-state index contributed by atoms with van der Waals surface area (Å²) in [6, 6.07) is 8.57. The number of aryl methyl sites for hydroxylation is 1. The average molecular weight is 246 g/mol. The van der Waals surface area contributed by atoms with Gasteiger partial charge >= 0.3 is 0 Å². The molecule has 1 aromatic rings. The third kappa shape index (κ3) is 2.95. The van der Waals surface area contributed by atoms with Crippen LogP contribution in [0.1, 0.15) is 64.0 Å². The van der Waals surface area contributed by atoms with E-state index in [9.17, 15) is 5.11 Å². The summed E-state index contributed by atoms with van der Waals surface area (Å²) in [5, 5.41) is 10.9. The highest BCUT2D eigenvalue weighted by Crippen LogP contribution is 2.45. The van der Waals surface area contributed by atoms with E-state index in [4.69, 9.17) is 0 Å². The van der Waals surface area contributed by atoms with Crippen LogP contribution in [0.3, 0.4) is 0 Å². The first-order chi connectivity index (χ1) is 8.45. The van der Waals surface area contributed by atoms with Crippen LogP contribution in [-0.2, 0) is 12.0 Å². The summed E-state index contributed by atoms with van der Waals surface area (Å²) >= 11 is 0. The normalized spacial score (nSPS) is 21.8. The van der Waals surface area contributed by atoms with Gasteiger partial charge in [-0.05, 0) is 48.6 Å². The van der Waals surface area contributed by atoms with E-state index in [2.05, 4.69) is 45.0 Å². The molecule has 0 amide bonds. The Balaban J connectivity index is 2.17. The van der Waals surface area contributed by atoms with Crippen LogP contribution in [0.4, 0.5) is 0 Å². The van der Waals surface area contributed by atoms with Crippen molar-refractivity contribution in [3.05, 3.63) is 35.4 Å². The number of hydrogen-bond acceptors (Lipinski definition) is 1. The van der Waals surface area contributed by atoms with Crippen molar-refractivity contribution in [1.82, 2.24) is 0 Å². The molecule has 0 aromatic heterocycles. The van der Waals surface area contributed by atoms with E-state index in [-0.39, 0.29) is 0 Å². The van der Waals surface area contributed by atoms with E-state index in [0.29, 0.717) is 5.41 Å². The van der Waals surface area contributed by atoms with Gasteiger partial charge in [-0.1, -0.05) is 51.5 Å². The fourth-order valence-electron chi connectivity index (χ4n) is 2.93. The molecule has 1 aliphatic rings. The minimum absolute atomic E-state index is 0.396. The van der Waals surface area contributed by atoms with E-state index >= 15 is 0 Å². The third-order valence-corrected chi connectivity index (χ3v) is 4.43. The molecule has 1 heteroatoms. The molecule has 0 aliphatic heterocycles. The van der Waals surface area contributed by atoms with Crippen molar-refractivity contribution in [2.45, 2.75) is 64.9 Å². The Bertz CT molecular complexity index is 396. The molecule has 0 heterocycles. The first-order valence-electron chi connectivity index (χ1n) is 7.27. The molecular formula is C17H26O. The Kier molecular flexibility index (Phi) is 3.82. The van der Waals surface area contributed by atoms with Gasteiger partial charge in [-0.25, -0.2) is 0 Å². The molecule has 1 saturated carbocycles. The maximum Gasteiger partial charge on any atom is 0.0897 e. The summed E-state index contributed by atoms with van der Waals surface area (Å²) in [7, 11) is 0. The zero-order valence-electron chi connectivity index (χ0n) is 12.0. The van der Waals surface area contributed by atoms with Gasteiger partial charge in [0.05, 0.1) is 5.60 Å². The largest absolute Gasteiger partial charge is 0.385 e. The Hall–Kier alpha value is -0.820. The lowest BCUT2D eigenvalue weighted by molar-refractivity contribution is -0.0306. The van der Waals surface area contributed by atoms with Gasteiger partial charge in [0.15, 0.2) is 0 Å². The first-order valence-corrected chi connectivity index (χ1v) is 7.27. The van der Waals surface area contributed by atoms with Crippen molar-refractivity contribution in [2.75, 3.05) is 0 Å². The molecule has 2 rings (SSSR count). The van der Waals surface area contributed by atoms with Crippen LogP contribution >= 0.6 is 0 Å². The Morgan fingerprint density at radius 1 is 1.11 bits per heavy atom. The van der Waals surface area contributed by atoms with Gasteiger partial charge in [0, 0.05) is 0 Å². The van der Waals surface area contributed by atoms with Crippen LogP contribution in [-0.4, -0.2) is 5.11 Å². The molecule has 0 bridgehead atoms. The van der Waals surface area contributed by atoms with Gasteiger partial charge in [-0.15, -0.1) is 0 Å². The number of hydrogen-bond donors (Lipinski definition) is 1. The first kappa shape index (κ1) is 13.6. The monoisotopic (exact) mass is 246 g/mol. The highest BCUT2D eigenvalue weighted by atomic mass is 16.3. The summed E-state index contributed by atoms with van der Waals surface area (Å²) in [5.74, 6) is 0. The lowest BCUT2D eigenvalue weighted by Crippen LogP contribution is -2.34. The molecule has 0 unspecified atom stereocenters. The van der Waals surface area contributed by atoms with Crippen molar-refractivity contribution in [2.24, 2.45) is 5.41 Å². The number of benzene rings is 1. The molecule has 100 valence electrons. The van der Waals surface area contributed by atoms with Crippen molar-refractivity contribution in [3.8, 4) is 0 Å². The molecule has 1 aromatic carbocycles. The molecule has 0 radical (unpaired) electrons. The van der Waals surface area contributed by atoms with Crippen LogP contribution < -0.4 is 0 Å². The fourth-order valence-corrected chi connectivity index (χ4v) is 2.93. The van der Waals surface area contributed by atoms with Gasteiger partial charge in [-0.3, -0.25) is 0 Å². The Morgan fingerprint density at radius 2 is 1.78 bits per heavy atom. The predicted molar refractivity (Wildman–Crippen MR) is 76.6 cm³/mol. The molecule has 0 spiro atoms. The summed E-state index contributed by atoms with van der Waals surface area (Å²) in [4.78, 5) is 0. The third-order valence-electron chi connectivity index (χ3n) is 4.43. The lowest BCUT2D eigenvalue weighted by atomic mass is 9.68. The Labute approximate surface area is 111 Å². The minimum atomic E-state index is -0.584. The maximum atomic E-state index is 10.9. The van der Waals surface area contributed by atoms with E-state index in [1.54, 1.807) is 0 Å². The zero-order chi connectivity index (χ0) is 13.2. The quantitative estimate of drug-likeness (QED) is 0.836. The second-order valence-electron chi connectivity index (χ2n) is 6.65. The molecule has 0 saturated heterocycles. The molecule has 1 nitrogen and oxygen atoms in total. The summed E-state index contributed by atoms with van der Waals surface area (Å²) in [6.07, 6.45) is 6.29.